The van der Waals surface area contributed by atoms with E-state index in [1.54, 1.807) is 36.0 Å². The molecule has 2 heterocycles. The van der Waals surface area contributed by atoms with Gasteiger partial charge in [-0.25, -0.2) is 0 Å². The summed E-state index contributed by atoms with van der Waals surface area (Å²) < 4.78 is 0. The van der Waals surface area contributed by atoms with Gasteiger partial charge in [0.2, 0.25) is 5.91 Å². The maximum atomic E-state index is 12.2. The van der Waals surface area contributed by atoms with Crippen LogP contribution in [-0.4, -0.2) is 60.0 Å². The molecular weight excluding hydrogens is 358 g/mol. The Bertz CT molecular complexity index is 702. The number of carbonyl (C=O) groups is 1. The van der Waals surface area contributed by atoms with Gasteiger partial charge in [-0.2, -0.15) is 0 Å². The van der Waals surface area contributed by atoms with Crippen molar-refractivity contribution in [3.8, 4) is 0 Å². The minimum absolute atomic E-state index is 0.0140. The molecule has 1 aromatic heterocycles. The van der Waals surface area contributed by atoms with Crippen molar-refractivity contribution < 1.29 is 4.79 Å². The summed E-state index contributed by atoms with van der Waals surface area (Å²) >= 11 is 7.43. The maximum Gasteiger partial charge on any atom is 0.238 e. The van der Waals surface area contributed by atoms with E-state index < -0.39 is 0 Å². The lowest BCUT2D eigenvalue weighted by Gasteiger charge is -2.34. The number of aromatic nitrogens is 2. The van der Waals surface area contributed by atoms with Crippen molar-refractivity contribution in [2.45, 2.75) is 5.03 Å². The van der Waals surface area contributed by atoms with Crippen LogP contribution in [0, 0.1) is 0 Å². The lowest BCUT2D eigenvalue weighted by atomic mass is 10.3. The summed E-state index contributed by atoms with van der Waals surface area (Å²) in [4.78, 5) is 16.5. The third kappa shape index (κ3) is 5.07. The zero-order valence-corrected chi connectivity index (χ0v) is 15.6. The average molecular weight is 378 g/mol. The number of benzene rings is 1. The summed E-state index contributed by atoms with van der Waals surface area (Å²) in [7, 11) is 0. The first kappa shape index (κ1) is 18.0. The van der Waals surface area contributed by atoms with Crippen molar-refractivity contribution in [3.63, 3.8) is 0 Å². The summed E-state index contributed by atoms with van der Waals surface area (Å²) in [6, 6.07) is 11.1. The van der Waals surface area contributed by atoms with Gasteiger partial charge in [-0.05, 0) is 42.7 Å². The van der Waals surface area contributed by atoms with Crippen LogP contribution in [0.5, 0.6) is 0 Å². The lowest BCUT2D eigenvalue weighted by molar-refractivity contribution is -0.117. The van der Waals surface area contributed by atoms with Gasteiger partial charge >= 0.3 is 0 Å². The van der Waals surface area contributed by atoms with Crippen LogP contribution in [0.3, 0.4) is 0 Å². The van der Waals surface area contributed by atoms with E-state index in [1.165, 1.54) is 0 Å². The molecular formula is C17H20ClN5OS. The van der Waals surface area contributed by atoms with Gasteiger partial charge in [-0.3, -0.25) is 9.69 Å². The number of nitrogens with zero attached hydrogens (tertiary/aromatic N) is 4. The summed E-state index contributed by atoms with van der Waals surface area (Å²) in [6.07, 6.45) is 1.98. The molecule has 0 saturated carbocycles. The molecule has 0 unspecified atom stereocenters. The Balaban J connectivity index is 1.46. The summed E-state index contributed by atoms with van der Waals surface area (Å²) in [6.45, 7) is 3.69. The molecule has 0 spiro atoms. The average Bonchev–Trinajstić information content (AvgIpc) is 2.64. The second kappa shape index (κ2) is 8.51. The van der Waals surface area contributed by atoms with Gasteiger partial charge in [0.1, 0.15) is 5.03 Å². The normalized spacial score (nSPS) is 15.2. The Morgan fingerprint density at radius 1 is 1.12 bits per heavy atom. The summed E-state index contributed by atoms with van der Waals surface area (Å²) in [5.74, 6) is 0.878. The zero-order valence-electron chi connectivity index (χ0n) is 14.0. The number of thioether (sulfide) groups is 1. The number of anilines is 2. The van der Waals surface area contributed by atoms with Gasteiger partial charge < -0.3 is 10.2 Å². The SMILES string of the molecule is CSc1ccc(N2CCN(CC(=O)Nc3ccc(Cl)cc3)CC2)nn1. The van der Waals surface area contributed by atoms with Crippen LogP contribution >= 0.6 is 23.4 Å². The first-order chi connectivity index (χ1) is 12.1. The molecule has 132 valence electrons. The van der Waals surface area contributed by atoms with Crippen LogP contribution < -0.4 is 10.2 Å². The fourth-order valence-corrected chi connectivity index (χ4v) is 3.12. The van der Waals surface area contributed by atoms with Crippen LogP contribution in [-0.2, 0) is 4.79 Å². The van der Waals surface area contributed by atoms with E-state index in [-0.39, 0.29) is 5.91 Å². The molecule has 0 atom stereocenters. The maximum absolute atomic E-state index is 12.2. The van der Waals surface area contributed by atoms with E-state index in [9.17, 15) is 4.79 Å². The van der Waals surface area contributed by atoms with Crippen molar-refractivity contribution in [3.05, 3.63) is 41.4 Å². The molecule has 6 nitrogen and oxygen atoms in total. The number of rotatable bonds is 5. The van der Waals surface area contributed by atoms with Crippen molar-refractivity contribution in [1.29, 1.82) is 0 Å². The molecule has 1 fully saturated rings. The fourth-order valence-electron chi connectivity index (χ4n) is 2.66. The largest absolute Gasteiger partial charge is 0.353 e. The van der Waals surface area contributed by atoms with E-state index in [0.717, 1.165) is 42.7 Å². The van der Waals surface area contributed by atoms with E-state index in [2.05, 4.69) is 25.3 Å². The monoisotopic (exact) mass is 377 g/mol. The summed E-state index contributed by atoms with van der Waals surface area (Å²) in [5, 5.41) is 12.9. The van der Waals surface area contributed by atoms with Gasteiger partial charge in [-0.1, -0.05) is 11.6 Å². The number of hydrogen-bond donors (Lipinski definition) is 1. The van der Waals surface area contributed by atoms with Crippen LogP contribution in [0.15, 0.2) is 41.4 Å². The number of halogens is 1. The Morgan fingerprint density at radius 3 is 2.44 bits per heavy atom. The minimum atomic E-state index is -0.0140. The van der Waals surface area contributed by atoms with Crippen molar-refractivity contribution >= 4 is 40.8 Å². The topological polar surface area (TPSA) is 61.4 Å². The Hall–Kier alpha value is -1.83. The predicted octanol–water partition coefficient (Wildman–Crippen LogP) is 2.61. The fraction of sp³-hybridized carbons (Fsp3) is 0.353. The second-order valence-corrected chi connectivity index (χ2v) is 7.02. The molecule has 0 aliphatic carbocycles. The number of nitrogens with one attached hydrogen (secondary N) is 1. The Morgan fingerprint density at radius 2 is 1.84 bits per heavy atom. The minimum Gasteiger partial charge on any atom is -0.353 e. The highest BCUT2D eigenvalue weighted by molar-refractivity contribution is 7.98. The molecule has 1 saturated heterocycles. The molecule has 1 N–H and O–H groups in total. The molecule has 3 rings (SSSR count). The van der Waals surface area contributed by atoms with E-state index in [4.69, 9.17) is 11.6 Å². The number of carbonyl (C=O) groups excluding carboxylic acids is 1. The van der Waals surface area contributed by atoms with Gasteiger partial charge in [0.25, 0.3) is 0 Å². The van der Waals surface area contributed by atoms with E-state index in [0.29, 0.717) is 11.6 Å². The van der Waals surface area contributed by atoms with Gasteiger partial charge in [0, 0.05) is 36.9 Å². The third-order valence-electron chi connectivity index (χ3n) is 4.03. The van der Waals surface area contributed by atoms with Gasteiger partial charge in [-0.15, -0.1) is 22.0 Å². The smallest absolute Gasteiger partial charge is 0.238 e. The second-order valence-electron chi connectivity index (χ2n) is 5.75. The number of amides is 1. The molecule has 25 heavy (non-hydrogen) atoms. The molecule has 8 heteroatoms. The highest BCUT2D eigenvalue weighted by Crippen LogP contribution is 2.17. The van der Waals surface area contributed by atoms with Crippen LogP contribution in [0.1, 0.15) is 0 Å². The van der Waals surface area contributed by atoms with Gasteiger partial charge in [0.15, 0.2) is 5.82 Å². The lowest BCUT2D eigenvalue weighted by Crippen LogP contribution is -2.49. The van der Waals surface area contributed by atoms with Crippen molar-refractivity contribution in [1.82, 2.24) is 15.1 Å². The molecule has 1 aliphatic rings. The quantitative estimate of drug-likeness (QED) is 0.808. The standard InChI is InChI=1S/C17H20ClN5OS/c1-25-17-7-6-15(20-21-17)23-10-8-22(9-11-23)12-16(24)19-14-4-2-13(18)3-5-14/h2-7H,8-12H2,1H3,(H,19,24). The number of hydrogen-bond acceptors (Lipinski definition) is 6. The van der Waals surface area contributed by atoms with Crippen molar-refractivity contribution in [2.24, 2.45) is 0 Å². The molecule has 0 bridgehead atoms. The molecule has 1 amide bonds. The first-order valence-corrected chi connectivity index (χ1v) is 9.65. The van der Waals surface area contributed by atoms with E-state index in [1.807, 2.05) is 18.4 Å². The van der Waals surface area contributed by atoms with Crippen LogP contribution in [0.2, 0.25) is 5.02 Å². The third-order valence-corrected chi connectivity index (χ3v) is 4.91. The van der Waals surface area contributed by atoms with Crippen LogP contribution in [0.4, 0.5) is 11.5 Å². The zero-order chi connectivity index (χ0) is 17.6. The molecule has 1 aromatic carbocycles. The van der Waals surface area contributed by atoms with Crippen molar-refractivity contribution in [2.75, 3.05) is 49.2 Å². The van der Waals surface area contributed by atoms with Crippen LogP contribution in [0.25, 0.3) is 0 Å². The molecule has 1 aliphatic heterocycles. The summed E-state index contributed by atoms with van der Waals surface area (Å²) in [5.41, 5.74) is 0.761. The van der Waals surface area contributed by atoms with Gasteiger partial charge in [0.05, 0.1) is 6.54 Å². The Kier molecular flexibility index (Phi) is 6.12. The predicted molar refractivity (Wildman–Crippen MR) is 103 cm³/mol. The highest BCUT2D eigenvalue weighted by atomic mass is 35.5. The first-order valence-electron chi connectivity index (χ1n) is 8.04. The number of piperazine rings is 1. The molecule has 2 aromatic rings. The van der Waals surface area contributed by atoms with E-state index >= 15 is 0 Å². The Labute approximate surface area is 156 Å². The molecule has 0 radical (unpaired) electrons. The highest BCUT2D eigenvalue weighted by Gasteiger charge is 2.20.